The number of alkyl halides is 1. The monoisotopic (exact) mass is 308 g/mol. The third-order valence-electron chi connectivity index (χ3n) is 2.78. The Bertz CT molecular complexity index is 454. The molecule has 0 bridgehead atoms. The highest BCUT2D eigenvalue weighted by Crippen LogP contribution is 2.18. The van der Waals surface area contributed by atoms with Gasteiger partial charge in [0.25, 0.3) is 0 Å². The van der Waals surface area contributed by atoms with E-state index in [0.29, 0.717) is 18.2 Å². The summed E-state index contributed by atoms with van der Waals surface area (Å²) in [5, 5.41) is 0.721. The van der Waals surface area contributed by atoms with E-state index in [1.54, 1.807) is 0 Å². The van der Waals surface area contributed by atoms with Crippen molar-refractivity contribution in [3.8, 4) is 0 Å². The number of halogens is 2. The summed E-state index contributed by atoms with van der Waals surface area (Å²) >= 11 is 11.7. The average Bonchev–Trinajstić information content (AvgIpc) is 2.29. The van der Waals surface area contributed by atoms with Crippen LogP contribution in [0.5, 0.6) is 0 Å². The van der Waals surface area contributed by atoms with Crippen LogP contribution < -0.4 is 0 Å². The van der Waals surface area contributed by atoms with Gasteiger partial charge in [-0.2, -0.15) is 0 Å². The zero-order valence-electron chi connectivity index (χ0n) is 10.4. The van der Waals surface area contributed by atoms with E-state index in [9.17, 15) is 8.42 Å². The summed E-state index contributed by atoms with van der Waals surface area (Å²) in [7, 11) is -2.87. The van der Waals surface area contributed by atoms with Gasteiger partial charge in [0.15, 0.2) is 0 Å². The smallest absolute Gasteiger partial charge is 0.147 e. The third-order valence-corrected chi connectivity index (χ3v) is 4.50. The molecule has 0 heterocycles. The van der Waals surface area contributed by atoms with Crippen LogP contribution in [-0.4, -0.2) is 26.3 Å². The van der Waals surface area contributed by atoms with Gasteiger partial charge < -0.3 is 0 Å². The van der Waals surface area contributed by atoms with Gasteiger partial charge in [0.2, 0.25) is 0 Å². The van der Waals surface area contributed by atoms with Gasteiger partial charge >= 0.3 is 0 Å². The molecule has 0 aromatic heterocycles. The maximum Gasteiger partial charge on any atom is 0.147 e. The van der Waals surface area contributed by atoms with Gasteiger partial charge in [-0.05, 0) is 42.9 Å². The maximum atomic E-state index is 11.0. The molecule has 0 fully saturated rings. The second-order valence-corrected chi connectivity index (χ2v) is 7.63. The van der Waals surface area contributed by atoms with Crippen LogP contribution in [0.15, 0.2) is 24.3 Å². The molecule has 0 spiro atoms. The fourth-order valence-corrected chi connectivity index (χ4v) is 2.90. The second kappa shape index (κ2) is 7.37. The van der Waals surface area contributed by atoms with Gasteiger partial charge in [0.05, 0.1) is 0 Å². The zero-order chi connectivity index (χ0) is 13.6. The Balaban J connectivity index is 2.44. The SMILES string of the molecule is CS(=O)(=O)CCCC(CCl)Cc1ccc(Cl)cc1. The molecule has 5 heteroatoms. The average molecular weight is 309 g/mol. The summed E-state index contributed by atoms with van der Waals surface area (Å²) in [6, 6.07) is 7.69. The Hall–Kier alpha value is -0.250. The predicted octanol–water partition coefficient (Wildman–Crippen LogP) is 3.56. The summed E-state index contributed by atoms with van der Waals surface area (Å²) in [6.07, 6.45) is 3.63. The van der Waals surface area contributed by atoms with Crippen LogP contribution in [0.25, 0.3) is 0 Å². The molecule has 0 radical (unpaired) electrons. The lowest BCUT2D eigenvalue weighted by Crippen LogP contribution is -2.10. The van der Waals surface area contributed by atoms with Crippen molar-refractivity contribution < 1.29 is 8.42 Å². The molecule has 1 rings (SSSR count). The Morgan fingerprint density at radius 2 is 1.83 bits per heavy atom. The summed E-state index contributed by atoms with van der Waals surface area (Å²) in [5.41, 5.74) is 1.18. The molecule has 1 atom stereocenters. The zero-order valence-corrected chi connectivity index (χ0v) is 12.7. The molecule has 0 aliphatic carbocycles. The van der Waals surface area contributed by atoms with E-state index in [-0.39, 0.29) is 5.75 Å². The van der Waals surface area contributed by atoms with Gasteiger partial charge in [-0.3, -0.25) is 0 Å². The van der Waals surface area contributed by atoms with E-state index in [0.717, 1.165) is 17.9 Å². The van der Waals surface area contributed by atoms with Crippen molar-refractivity contribution in [2.45, 2.75) is 19.3 Å². The first-order valence-electron chi connectivity index (χ1n) is 5.89. The molecule has 1 aromatic carbocycles. The van der Waals surface area contributed by atoms with Gasteiger partial charge in [0, 0.05) is 22.9 Å². The molecule has 0 N–H and O–H groups in total. The van der Waals surface area contributed by atoms with Crippen LogP contribution in [0.4, 0.5) is 0 Å². The highest BCUT2D eigenvalue weighted by molar-refractivity contribution is 7.90. The molecule has 0 aliphatic heterocycles. The van der Waals surface area contributed by atoms with Crippen molar-refractivity contribution in [1.82, 2.24) is 0 Å². The Labute approximate surface area is 119 Å². The molecule has 0 aliphatic rings. The van der Waals surface area contributed by atoms with Gasteiger partial charge in [-0.1, -0.05) is 23.7 Å². The number of hydrogen-bond donors (Lipinski definition) is 0. The fraction of sp³-hybridized carbons (Fsp3) is 0.538. The quantitative estimate of drug-likeness (QED) is 0.722. The molecule has 18 heavy (non-hydrogen) atoms. The van der Waals surface area contributed by atoms with Crippen molar-refractivity contribution in [3.05, 3.63) is 34.9 Å². The minimum atomic E-state index is -2.87. The van der Waals surface area contributed by atoms with Crippen LogP contribution in [0, 0.1) is 5.92 Å². The van der Waals surface area contributed by atoms with Crippen molar-refractivity contribution in [3.63, 3.8) is 0 Å². The van der Waals surface area contributed by atoms with E-state index < -0.39 is 9.84 Å². The molecule has 1 unspecified atom stereocenters. The highest BCUT2D eigenvalue weighted by Gasteiger charge is 2.10. The van der Waals surface area contributed by atoms with Gasteiger partial charge in [-0.15, -0.1) is 11.6 Å². The lowest BCUT2D eigenvalue weighted by Gasteiger charge is -2.13. The number of hydrogen-bond acceptors (Lipinski definition) is 2. The highest BCUT2D eigenvalue weighted by atomic mass is 35.5. The first-order chi connectivity index (χ1) is 8.40. The van der Waals surface area contributed by atoms with Crippen molar-refractivity contribution in [2.75, 3.05) is 17.9 Å². The molecular formula is C13H18Cl2O2S. The normalized spacial score (nSPS) is 13.5. The van der Waals surface area contributed by atoms with Gasteiger partial charge in [0.1, 0.15) is 9.84 Å². The van der Waals surface area contributed by atoms with E-state index in [1.165, 1.54) is 11.8 Å². The van der Waals surface area contributed by atoms with E-state index >= 15 is 0 Å². The number of sulfone groups is 1. The van der Waals surface area contributed by atoms with Crippen LogP contribution in [-0.2, 0) is 16.3 Å². The second-order valence-electron chi connectivity index (χ2n) is 4.62. The molecule has 0 saturated carbocycles. The lowest BCUT2D eigenvalue weighted by atomic mass is 9.97. The molecule has 0 saturated heterocycles. The molecule has 0 amide bonds. The predicted molar refractivity (Wildman–Crippen MR) is 78.3 cm³/mol. The molecule has 2 nitrogen and oxygen atoms in total. The van der Waals surface area contributed by atoms with Crippen molar-refractivity contribution >= 4 is 33.0 Å². The minimum Gasteiger partial charge on any atom is -0.229 e. The van der Waals surface area contributed by atoms with Crippen LogP contribution >= 0.6 is 23.2 Å². The maximum absolute atomic E-state index is 11.0. The number of benzene rings is 1. The first kappa shape index (κ1) is 15.8. The summed E-state index contributed by atoms with van der Waals surface area (Å²) in [5.74, 6) is 1.10. The molecule has 1 aromatic rings. The standard InChI is InChI=1S/C13H18Cl2O2S/c1-18(16,17)8-2-3-12(10-14)9-11-4-6-13(15)7-5-11/h4-7,12H,2-3,8-10H2,1H3. The van der Waals surface area contributed by atoms with E-state index in [4.69, 9.17) is 23.2 Å². The fourth-order valence-electron chi connectivity index (χ4n) is 1.82. The van der Waals surface area contributed by atoms with Crippen molar-refractivity contribution in [1.29, 1.82) is 0 Å². The summed E-state index contributed by atoms with van der Waals surface area (Å²) < 4.78 is 22.1. The van der Waals surface area contributed by atoms with Crippen LogP contribution in [0.1, 0.15) is 18.4 Å². The van der Waals surface area contributed by atoms with Crippen LogP contribution in [0.3, 0.4) is 0 Å². The number of rotatable bonds is 7. The Morgan fingerprint density at radius 3 is 2.33 bits per heavy atom. The van der Waals surface area contributed by atoms with Gasteiger partial charge in [-0.25, -0.2) is 8.42 Å². The lowest BCUT2D eigenvalue weighted by molar-refractivity contribution is 0.524. The molecular weight excluding hydrogens is 291 g/mol. The van der Waals surface area contributed by atoms with Crippen LogP contribution in [0.2, 0.25) is 5.02 Å². The van der Waals surface area contributed by atoms with E-state index in [1.807, 2.05) is 24.3 Å². The molecule has 102 valence electrons. The summed E-state index contributed by atoms with van der Waals surface area (Å²) in [4.78, 5) is 0. The van der Waals surface area contributed by atoms with E-state index in [2.05, 4.69) is 0 Å². The third kappa shape index (κ3) is 6.62. The Kier molecular flexibility index (Phi) is 6.47. The first-order valence-corrected chi connectivity index (χ1v) is 8.86. The van der Waals surface area contributed by atoms with Crippen molar-refractivity contribution in [2.24, 2.45) is 5.92 Å². The largest absolute Gasteiger partial charge is 0.229 e. The summed E-state index contributed by atoms with van der Waals surface area (Å²) in [6.45, 7) is 0. The Morgan fingerprint density at radius 1 is 1.22 bits per heavy atom. The minimum absolute atomic E-state index is 0.237. The topological polar surface area (TPSA) is 34.1 Å².